The molecule has 2 aromatic rings. The number of rotatable bonds is 7. The van der Waals surface area contributed by atoms with Crippen LogP contribution in [0.3, 0.4) is 0 Å². The first-order valence-electron chi connectivity index (χ1n) is 9.17. The van der Waals surface area contributed by atoms with Gasteiger partial charge in [0.25, 0.3) is 0 Å². The zero-order valence-electron chi connectivity index (χ0n) is 15.4. The Morgan fingerprint density at radius 1 is 1.15 bits per heavy atom. The highest BCUT2D eigenvalue weighted by molar-refractivity contribution is 7.89. The van der Waals surface area contributed by atoms with Gasteiger partial charge in [0.15, 0.2) is 0 Å². The van der Waals surface area contributed by atoms with E-state index < -0.39 is 10.0 Å². The van der Waals surface area contributed by atoms with Gasteiger partial charge in [0.05, 0.1) is 11.4 Å². The van der Waals surface area contributed by atoms with Crippen molar-refractivity contribution in [2.75, 3.05) is 19.6 Å². The van der Waals surface area contributed by atoms with Crippen molar-refractivity contribution < 1.29 is 8.42 Å². The van der Waals surface area contributed by atoms with Gasteiger partial charge in [0.1, 0.15) is 11.6 Å². The normalized spacial score (nSPS) is 16.8. The lowest BCUT2D eigenvalue weighted by Gasteiger charge is -2.22. The van der Waals surface area contributed by atoms with Gasteiger partial charge in [0, 0.05) is 32.6 Å². The molecular formula is C18H27N5O2S. The molecule has 1 aliphatic rings. The molecule has 0 bridgehead atoms. The number of benzene rings is 1. The SMILES string of the molecule is CCC(C)CN1CCc2nnc(CNS(=O)(=O)c3ccccc3)n2CC1. The molecule has 26 heavy (non-hydrogen) atoms. The minimum Gasteiger partial charge on any atom is -0.313 e. The predicted octanol–water partition coefficient (Wildman–Crippen LogP) is 1.66. The van der Waals surface area contributed by atoms with Gasteiger partial charge in [-0.2, -0.15) is 0 Å². The average Bonchev–Trinajstić information content (AvgIpc) is 2.94. The lowest BCUT2D eigenvalue weighted by molar-refractivity contribution is 0.238. The molecule has 1 atom stereocenters. The molecule has 3 rings (SSSR count). The molecule has 0 amide bonds. The van der Waals surface area contributed by atoms with E-state index in [2.05, 4.69) is 38.2 Å². The molecule has 1 N–H and O–H groups in total. The minimum absolute atomic E-state index is 0.148. The summed E-state index contributed by atoms with van der Waals surface area (Å²) in [5, 5.41) is 8.48. The fourth-order valence-electron chi connectivity index (χ4n) is 3.15. The number of nitrogens with zero attached hydrogens (tertiary/aromatic N) is 4. The Labute approximate surface area is 155 Å². The molecule has 0 spiro atoms. The van der Waals surface area contributed by atoms with Gasteiger partial charge in [-0.15, -0.1) is 10.2 Å². The van der Waals surface area contributed by atoms with Crippen molar-refractivity contribution in [1.82, 2.24) is 24.4 Å². The summed E-state index contributed by atoms with van der Waals surface area (Å²) in [6, 6.07) is 8.38. The van der Waals surface area contributed by atoms with E-state index in [1.54, 1.807) is 30.3 Å². The molecule has 2 heterocycles. The first kappa shape index (κ1) is 19.0. The van der Waals surface area contributed by atoms with Crippen molar-refractivity contribution in [2.45, 2.75) is 44.7 Å². The van der Waals surface area contributed by atoms with Crippen molar-refractivity contribution in [3.63, 3.8) is 0 Å². The van der Waals surface area contributed by atoms with Crippen LogP contribution in [0.2, 0.25) is 0 Å². The highest BCUT2D eigenvalue weighted by Crippen LogP contribution is 2.13. The number of aromatic nitrogens is 3. The Kier molecular flexibility index (Phi) is 6.05. The van der Waals surface area contributed by atoms with Gasteiger partial charge in [-0.3, -0.25) is 0 Å². The fraction of sp³-hybridized carbons (Fsp3) is 0.556. The number of hydrogen-bond acceptors (Lipinski definition) is 5. The van der Waals surface area contributed by atoms with Gasteiger partial charge < -0.3 is 9.47 Å². The van der Waals surface area contributed by atoms with E-state index in [1.165, 1.54) is 6.42 Å². The van der Waals surface area contributed by atoms with Crippen LogP contribution in [0.5, 0.6) is 0 Å². The summed E-state index contributed by atoms with van der Waals surface area (Å²) in [5.41, 5.74) is 0. The third-order valence-corrected chi connectivity index (χ3v) is 6.35. The molecule has 7 nitrogen and oxygen atoms in total. The third kappa shape index (κ3) is 4.49. The monoisotopic (exact) mass is 377 g/mol. The zero-order valence-corrected chi connectivity index (χ0v) is 16.2. The first-order valence-corrected chi connectivity index (χ1v) is 10.7. The highest BCUT2D eigenvalue weighted by atomic mass is 32.2. The fourth-order valence-corrected chi connectivity index (χ4v) is 4.15. The van der Waals surface area contributed by atoms with E-state index in [9.17, 15) is 8.42 Å². The van der Waals surface area contributed by atoms with Gasteiger partial charge in [-0.25, -0.2) is 13.1 Å². The highest BCUT2D eigenvalue weighted by Gasteiger charge is 2.21. The summed E-state index contributed by atoms with van der Waals surface area (Å²) in [4.78, 5) is 2.72. The van der Waals surface area contributed by atoms with Crippen LogP contribution in [0.4, 0.5) is 0 Å². The summed E-state index contributed by atoms with van der Waals surface area (Å²) < 4.78 is 29.5. The summed E-state index contributed by atoms with van der Waals surface area (Å²) in [6.07, 6.45) is 2.02. The maximum atomic E-state index is 12.4. The van der Waals surface area contributed by atoms with Crippen molar-refractivity contribution in [2.24, 2.45) is 5.92 Å². The van der Waals surface area contributed by atoms with Gasteiger partial charge >= 0.3 is 0 Å². The van der Waals surface area contributed by atoms with Crippen molar-refractivity contribution in [1.29, 1.82) is 0 Å². The molecule has 0 aliphatic carbocycles. The molecule has 0 saturated heterocycles. The van der Waals surface area contributed by atoms with Gasteiger partial charge in [0.2, 0.25) is 10.0 Å². The van der Waals surface area contributed by atoms with E-state index >= 15 is 0 Å². The second kappa shape index (κ2) is 8.28. The molecule has 0 saturated carbocycles. The van der Waals surface area contributed by atoms with Crippen LogP contribution < -0.4 is 4.72 Å². The number of fused-ring (bicyclic) bond motifs is 1. The van der Waals surface area contributed by atoms with Crippen LogP contribution in [0, 0.1) is 5.92 Å². The Morgan fingerprint density at radius 2 is 1.92 bits per heavy atom. The van der Waals surface area contributed by atoms with E-state index in [-0.39, 0.29) is 11.4 Å². The second-order valence-corrected chi connectivity index (χ2v) is 8.65. The van der Waals surface area contributed by atoms with E-state index in [0.29, 0.717) is 11.7 Å². The summed E-state index contributed by atoms with van der Waals surface area (Å²) in [6.45, 7) is 8.43. The van der Waals surface area contributed by atoms with E-state index in [0.717, 1.165) is 38.4 Å². The van der Waals surface area contributed by atoms with Crippen LogP contribution in [-0.2, 0) is 29.5 Å². The summed E-state index contributed by atoms with van der Waals surface area (Å²) in [5.74, 6) is 2.28. The van der Waals surface area contributed by atoms with Crippen molar-refractivity contribution >= 4 is 10.0 Å². The van der Waals surface area contributed by atoms with E-state index in [4.69, 9.17) is 0 Å². The number of sulfonamides is 1. The number of hydrogen-bond donors (Lipinski definition) is 1. The van der Waals surface area contributed by atoms with Crippen LogP contribution in [-0.4, -0.2) is 47.7 Å². The standard InChI is InChI=1S/C18H27N5O2S/c1-3-15(2)14-22-10-9-17-20-21-18(23(17)12-11-22)13-19-26(24,25)16-7-5-4-6-8-16/h4-8,15,19H,3,9-14H2,1-2H3. The van der Waals surface area contributed by atoms with Crippen LogP contribution >= 0.6 is 0 Å². The smallest absolute Gasteiger partial charge is 0.240 e. The van der Waals surface area contributed by atoms with Gasteiger partial charge in [-0.1, -0.05) is 38.5 Å². The van der Waals surface area contributed by atoms with E-state index in [1.807, 2.05) is 0 Å². The molecular weight excluding hydrogens is 350 g/mol. The largest absolute Gasteiger partial charge is 0.313 e. The molecule has 1 aliphatic heterocycles. The molecule has 1 unspecified atom stereocenters. The molecule has 142 valence electrons. The lowest BCUT2D eigenvalue weighted by Crippen LogP contribution is -2.31. The molecule has 1 aromatic carbocycles. The predicted molar refractivity (Wildman–Crippen MR) is 100 cm³/mol. The minimum atomic E-state index is -3.54. The molecule has 8 heteroatoms. The van der Waals surface area contributed by atoms with Crippen molar-refractivity contribution in [3.05, 3.63) is 42.0 Å². The second-order valence-electron chi connectivity index (χ2n) is 6.89. The average molecular weight is 378 g/mol. The Balaban J connectivity index is 1.65. The Morgan fingerprint density at radius 3 is 2.65 bits per heavy atom. The summed E-state index contributed by atoms with van der Waals surface area (Å²) >= 11 is 0. The quantitative estimate of drug-likeness (QED) is 0.794. The van der Waals surface area contributed by atoms with Crippen LogP contribution in [0.1, 0.15) is 31.9 Å². The third-order valence-electron chi connectivity index (χ3n) is 4.94. The van der Waals surface area contributed by atoms with Gasteiger partial charge in [-0.05, 0) is 18.1 Å². The first-order chi connectivity index (χ1) is 12.5. The molecule has 1 aromatic heterocycles. The molecule has 0 fully saturated rings. The Hall–Kier alpha value is -1.77. The topological polar surface area (TPSA) is 80.1 Å². The van der Waals surface area contributed by atoms with Crippen molar-refractivity contribution in [3.8, 4) is 0 Å². The maximum Gasteiger partial charge on any atom is 0.240 e. The zero-order chi connectivity index (χ0) is 18.6. The van der Waals surface area contributed by atoms with Crippen LogP contribution in [0.15, 0.2) is 35.2 Å². The lowest BCUT2D eigenvalue weighted by atomic mass is 10.1. The number of nitrogens with one attached hydrogen (secondary N) is 1. The Bertz CT molecular complexity index is 819. The maximum absolute atomic E-state index is 12.4. The molecule has 0 radical (unpaired) electrons. The summed E-state index contributed by atoms with van der Waals surface area (Å²) in [7, 11) is -3.54. The van der Waals surface area contributed by atoms with Crippen LogP contribution in [0.25, 0.3) is 0 Å².